The molecule has 0 aliphatic carbocycles. The van der Waals surface area contributed by atoms with Crippen molar-refractivity contribution in [3.63, 3.8) is 0 Å². The minimum absolute atomic E-state index is 0.00214. The number of fused-ring (bicyclic) bond motifs is 1. The quantitative estimate of drug-likeness (QED) is 0.856. The molecular formula is C18H24O3. The molecule has 0 aromatic heterocycles. The summed E-state index contributed by atoms with van der Waals surface area (Å²) in [6.07, 6.45) is 1.50. The molecule has 1 saturated heterocycles. The number of hydrogen-bond donors (Lipinski definition) is 0. The van der Waals surface area contributed by atoms with Crippen LogP contribution in [0.2, 0.25) is 0 Å². The largest absolute Gasteiger partial charge is 0.375 e. The summed E-state index contributed by atoms with van der Waals surface area (Å²) < 4.78 is 11.7. The molecular weight excluding hydrogens is 264 g/mol. The van der Waals surface area contributed by atoms with Crippen molar-refractivity contribution in [2.75, 3.05) is 6.61 Å². The van der Waals surface area contributed by atoms with E-state index in [1.165, 1.54) is 11.1 Å². The van der Waals surface area contributed by atoms with Crippen molar-refractivity contribution in [3.8, 4) is 0 Å². The van der Waals surface area contributed by atoms with E-state index in [1.54, 1.807) is 0 Å². The van der Waals surface area contributed by atoms with Gasteiger partial charge in [0.1, 0.15) is 5.78 Å². The lowest BCUT2D eigenvalue weighted by Crippen LogP contribution is -2.29. The van der Waals surface area contributed by atoms with E-state index in [0.717, 1.165) is 6.42 Å². The van der Waals surface area contributed by atoms with E-state index < -0.39 is 0 Å². The Hall–Kier alpha value is -1.19. The third-order valence-corrected chi connectivity index (χ3v) is 5.09. The first-order chi connectivity index (χ1) is 10.1. The van der Waals surface area contributed by atoms with Crippen LogP contribution >= 0.6 is 0 Å². The van der Waals surface area contributed by atoms with E-state index in [-0.39, 0.29) is 35.9 Å². The minimum Gasteiger partial charge on any atom is -0.375 e. The van der Waals surface area contributed by atoms with Crippen molar-refractivity contribution in [1.82, 2.24) is 0 Å². The summed E-state index contributed by atoms with van der Waals surface area (Å²) in [6.45, 7) is 6.89. The van der Waals surface area contributed by atoms with Gasteiger partial charge in [0.2, 0.25) is 0 Å². The maximum atomic E-state index is 12.7. The maximum Gasteiger partial charge on any atom is 0.141 e. The molecule has 21 heavy (non-hydrogen) atoms. The van der Waals surface area contributed by atoms with Gasteiger partial charge in [0.05, 0.1) is 24.9 Å². The third kappa shape index (κ3) is 2.77. The molecule has 0 N–H and O–H groups in total. The molecule has 1 aromatic rings. The zero-order chi connectivity index (χ0) is 15.0. The molecule has 1 aromatic carbocycles. The highest BCUT2D eigenvalue weighted by Crippen LogP contribution is 2.37. The number of carbonyl (C=O) groups is 1. The van der Waals surface area contributed by atoms with E-state index in [4.69, 9.17) is 9.47 Å². The molecule has 0 radical (unpaired) electrons. The van der Waals surface area contributed by atoms with Crippen LogP contribution in [0.15, 0.2) is 24.3 Å². The van der Waals surface area contributed by atoms with E-state index in [2.05, 4.69) is 32.0 Å². The molecule has 3 heteroatoms. The Labute approximate surface area is 126 Å². The van der Waals surface area contributed by atoms with Crippen LogP contribution in [0, 0.1) is 11.8 Å². The molecule has 2 aliphatic rings. The Kier molecular flexibility index (Phi) is 4.14. The average molecular weight is 288 g/mol. The molecule has 5 unspecified atom stereocenters. The number of hydrogen-bond acceptors (Lipinski definition) is 3. The van der Waals surface area contributed by atoms with Gasteiger partial charge in [-0.15, -0.1) is 0 Å². The van der Waals surface area contributed by atoms with Crippen LogP contribution in [0.1, 0.15) is 44.4 Å². The standard InChI is InChI=1S/C18H24O3/c1-11-12(2)21-13(3)18(11)16(19)10-17-15-7-5-4-6-14(15)8-9-20-17/h4-7,11-13,17-18H,8-10H2,1-3H3. The highest BCUT2D eigenvalue weighted by Gasteiger charge is 2.42. The summed E-state index contributed by atoms with van der Waals surface area (Å²) in [6, 6.07) is 8.31. The van der Waals surface area contributed by atoms with Crippen LogP contribution in [-0.2, 0) is 20.7 Å². The van der Waals surface area contributed by atoms with Gasteiger partial charge >= 0.3 is 0 Å². The second-order valence-corrected chi connectivity index (χ2v) is 6.41. The van der Waals surface area contributed by atoms with Crippen LogP contribution < -0.4 is 0 Å². The summed E-state index contributed by atoms with van der Waals surface area (Å²) in [7, 11) is 0. The molecule has 114 valence electrons. The van der Waals surface area contributed by atoms with Crippen LogP contribution in [0.3, 0.4) is 0 Å². The molecule has 0 spiro atoms. The van der Waals surface area contributed by atoms with Crippen molar-refractivity contribution in [3.05, 3.63) is 35.4 Å². The van der Waals surface area contributed by atoms with Crippen molar-refractivity contribution in [1.29, 1.82) is 0 Å². The minimum atomic E-state index is -0.0854. The Bertz CT molecular complexity index is 525. The second kappa shape index (κ2) is 5.90. The Balaban J connectivity index is 1.74. The Morgan fingerprint density at radius 1 is 1.19 bits per heavy atom. The maximum absolute atomic E-state index is 12.7. The lowest BCUT2D eigenvalue weighted by molar-refractivity contribution is -0.128. The number of ketones is 1. The Morgan fingerprint density at radius 3 is 2.67 bits per heavy atom. The van der Waals surface area contributed by atoms with Crippen molar-refractivity contribution in [2.45, 2.75) is 51.9 Å². The highest BCUT2D eigenvalue weighted by molar-refractivity contribution is 5.83. The zero-order valence-electron chi connectivity index (χ0n) is 13.0. The lowest BCUT2D eigenvalue weighted by Gasteiger charge is -2.27. The molecule has 0 bridgehead atoms. The molecule has 2 heterocycles. The highest BCUT2D eigenvalue weighted by atomic mass is 16.5. The van der Waals surface area contributed by atoms with Crippen molar-refractivity contribution < 1.29 is 14.3 Å². The fourth-order valence-electron chi connectivity index (χ4n) is 3.79. The smallest absolute Gasteiger partial charge is 0.141 e. The van der Waals surface area contributed by atoms with Gasteiger partial charge in [-0.3, -0.25) is 4.79 Å². The van der Waals surface area contributed by atoms with Gasteiger partial charge in [-0.2, -0.15) is 0 Å². The summed E-state index contributed by atoms with van der Waals surface area (Å²) in [5.41, 5.74) is 2.50. The monoisotopic (exact) mass is 288 g/mol. The molecule has 2 aliphatic heterocycles. The van der Waals surface area contributed by atoms with Crippen LogP contribution in [0.4, 0.5) is 0 Å². The average Bonchev–Trinajstić information content (AvgIpc) is 2.72. The number of Topliss-reactive ketones (excluding diaryl/α,β-unsaturated/α-hetero) is 1. The number of ether oxygens (including phenoxy) is 2. The first-order valence-electron chi connectivity index (χ1n) is 7.95. The lowest BCUT2D eigenvalue weighted by atomic mass is 9.82. The van der Waals surface area contributed by atoms with Gasteiger partial charge in [-0.1, -0.05) is 31.2 Å². The van der Waals surface area contributed by atoms with E-state index in [1.807, 2.05) is 13.0 Å². The normalized spacial score (nSPS) is 35.5. The molecule has 5 atom stereocenters. The molecule has 3 rings (SSSR count). The van der Waals surface area contributed by atoms with Crippen LogP contribution in [-0.4, -0.2) is 24.6 Å². The van der Waals surface area contributed by atoms with Crippen molar-refractivity contribution >= 4 is 5.78 Å². The number of rotatable bonds is 3. The van der Waals surface area contributed by atoms with Gasteiger partial charge in [0.25, 0.3) is 0 Å². The summed E-state index contributed by atoms with van der Waals surface area (Å²) in [4.78, 5) is 12.7. The SMILES string of the molecule is CC1OC(C)C(C(=O)CC2OCCc3ccccc32)C1C. The van der Waals surface area contributed by atoms with E-state index in [9.17, 15) is 4.79 Å². The summed E-state index contributed by atoms with van der Waals surface area (Å²) >= 11 is 0. The predicted molar refractivity (Wildman–Crippen MR) is 81.1 cm³/mol. The van der Waals surface area contributed by atoms with Gasteiger partial charge in [0, 0.05) is 12.3 Å². The molecule has 0 saturated carbocycles. The topological polar surface area (TPSA) is 35.5 Å². The first-order valence-corrected chi connectivity index (χ1v) is 7.95. The first kappa shape index (κ1) is 14.7. The Morgan fingerprint density at radius 2 is 1.95 bits per heavy atom. The predicted octanol–water partition coefficient (Wildman–Crippen LogP) is 3.32. The van der Waals surface area contributed by atoms with Crippen LogP contribution in [0.5, 0.6) is 0 Å². The summed E-state index contributed by atoms with van der Waals surface area (Å²) in [5, 5.41) is 0. The molecule has 0 amide bonds. The van der Waals surface area contributed by atoms with Gasteiger partial charge in [0.15, 0.2) is 0 Å². The van der Waals surface area contributed by atoms with E-state index >= 15 is 0 Å². The van der Waals surface area contributed by atoms with Crippen molar-refractivity contribution in [2.24, 2.45) is 11.8 Å². The fraction of sp³-hybridized carbons (Fsp3) is 0.611. The van der Waals surface area contributed by atoms with E-state index in [0.29, 0.717) is 13.0 Å². The summed E-state index contributed by atoms with van der Waals surface area (Å²) in [5.74, 6) is 0.560. The number of benzene rings is 1. The molecule has 1 fully saturated rings. The third-order valence-electron chi connectivity index (χ3n) is 5.09. The van der Waals surface area contributed by atoms with Gasteiger partial charge in [-0.05, 0) is 37.3 Å². The number of carbonyl (C=O) groups excluding carboxylic acids is 1. The van der Waals surface area contributed by atoms with Gasteiger partial charge < -0.3 is 9.47 Å². The fourth-order valence-corrected chi connectivity index (χ4v) is 3.79. The van der Waals surface area contributed by atoms with Gasteiger partial charge in [-0.25, -0.2) is 0 Å². The molecule has 3 nitrogen and oxygen atoms in total. The second-order valence-electron chi connectivity index (χ2n) is 6.41. The van der Waals surface area contributed by atoms with Crippen LogP contribution in [0.25, 0.3) is 0 Å². The zero-order valence-corrected chi connectivity index (χ0v) is 13.0.